The summed E-state index contributed by atoms with van der Waals surface area (Å²) in [6, 6.07) is 0. The van der Waals surface area contributed by atoms with Crippen molar-refractivity contribution in [2.24, 2.45) is 5.92 Å². The van der Waals surface area contributed by atoms with E-state index in [2.05, 4.69) is 20.4 Å². The molecule has 1 unspecified atom stereocenters. The number of nitrogens with zero attached hydrogens (tertiary/aromatic N) is 4. The summed E-state index contributed by atoms with van der Waals surface area (Å²) in [5.41, 5.74) is 6.14. The van der Waals surface area contributed by atoms with Crippen LogP contribution >= 0.6 is 0 Å². The van der Waals surface area contributed by atoms with Crippen LogP contribution in [-0.4, -0.2) is 31.1 Å². The van der Waals surface area contributed by atoms with Gasteiger partial charge in [-0.15, -0.1) is 10.2 Å². The standard InChI is InChI=1S/C10H11F3N6/c11-10(12,13)5-1-2-7-16-18-9(19(7)4-5)6-3-15-17-8(6)14/h3,5H,1-2,4H2,(H3,14,15,17). The molecule has 1 atom stereocenters. The van der Waals surface area contributed by atoms with Crippen LogP contribution in [0.4, 0.5) is 19.0 Å². The number of hydrogen-bond acceptors (Lipinski definition) is 4. The van der Waals surface area contributed by atoms with Gasteiger partial charge in [-0.2, -0.15) is 18.3 Å². The Balaban J connectivity index is 2.00. The van der Waals surface area contributed by atoms with Crippen molar-refractivity contribution in [3.8, 4) is 11.4 Å². The van der Waals surface area contributed by atoms with Gasteiger partial charge in [-0.25, -0.2) is 0 Å². The average molecular weight is 272 g/mol. The molecule has 9 heteroatoms. The SMILES string of the molecule is Nc1[nH]ncc1-c1nnc2n1CC(C(F)(F)F)CC2. The molecule has 3 rings (SSSR count). The average Bonchev–Trinajstić information content (AvgIpc) is 2.92. The second-order valence-corrected chi connectivity index (χ2v) is 4.53. The summed E-state index contributed by atoms with van der Waals surface area (Å²) in [5.74, 6) is -0.224. The highest BCUT2D eigenvalue weighted by Gasteiger charge is 2.42. The molecule has 6 nitrogen and oxygen atoms in total. The van der Waals surface area contributed by atoms with E-state index in [0.29, 0.717) is 17.2 Å². The van der Waals surface area contributed by atoms with Crippen LogP contribution in [0.1, 0.15) is 12.2 Å². The summed E-state index contributed by atoms with van der Waals surface area (Å²) in [6.07, 6.45) is -2.47. The highest BCUT2D eigenvalue weighted by molar-refractivity contribution is 5.67. The van der Waals surface area contributed by atoms with Crippen LogP contribution in [0.15, 0.2) is 6.20 Å². The number of alkyl halides is 3. The summed E-state index contributed by atoms with van der Waals surface area (Å²) >= 11 is 0. The van der Waals surface area contributed by atoms with Crippen LogP contribution in [0.5, 0.6) is 0 Å². The number of hydrogen-bond donors (Lipinski definition) is 2. The predicted octanol–water partition coefficient (Wildman–Crippen LogP) is 1.38. The van der Waals surface area contributed by atoms with Gasteiger partial charge in [-0.1, -0.05) is 0 Å². The largest absolute Gasteiger partial charge is 0.393 e. The lowest BCUT2D eigenvalue weighted by atomic mass is 9.98. The Morgan fingerprint density at radius 3 is 2.79 bits per heavy atom. The van der Waals surface area contributed by atoms with Gasteiger partial charge in [0.1, 0.15) is 11.6 Å². The zero-order valence-electron chi connectivity index (χ0n) is 9.78. The van der Waals surface area contributed by atoms with Crippen molar-refractivity contribution >= 4 is 5.82 Å². The van der Waals surface area contributed by atoms with E-state index in [1.54, 1.807) is 0 Å². The Kier molecular flexibility index (Phi) is 2.51. The molecule has 0 aromatic carbocycles. The first-order chi connectivity index (χ1) is 8.97. The fourth-order valence-corrected chi connectivity index (χ4v) is 2.27. The second kappa shape index (κ2) is 3.97. The first-order valence-electron chi connectivity index (χ1n) is 5.75. The fraction of sp³-hybridized carbons (Fsp3) is 0.500. The summed E-state index contributed by atoms with van der Waals surface area (Å²) in [5, 5.41) is 14.1. The molecule has 0 spiro atoms. The zero-order valence-corrected chi connectivity index (χ0v) is 9.78. The smallest absolute Gasteiger partial charge is 0.383 e. The first kappa shape index (κ1) is 12.0. The van der Waals surface area contributed by atoms with Crippen LogP contribution in [0.2, 0.25) is 0 Å². The minimum Gasteiger partial charge on any atom is -0.383 e. The minimum atomic E-state index is -4.21. The van der Waals surface area contributed by atoms with Gasteiger partial charge in [0.25, 0.3) is 0 Å². The maximum Gasteiger partial charge on any atom is 0.393 e. The molecule has 102 valence electrons. The Hall–Kier alpha value is -2.06. The monoisotopic (exact) mass is 272 g/mol. The van der Waals surface area contributed by atoms with E-state index in [1.807, 2.05) is 0 Å². The summed E-state index contributed by atoms with van der Waals surface area (Å²) in [7, 11) is 0. The Morgan fingerprint density at radius 2 is 2.16 bits per heavy atom. The number of fused-ring (bicyclic) bond motifs is 1. The number of rotatable bonds is 1. The molecule has 1 aliphatic rings. The van der Waals surface area contributed by atoms with E-state index in [0.717, 1.165) is 0 Å². The van der Waals surface area contributed by atoms with Gasteiger partial charge >= 0.3 is 6.18 Å². The van der Waals surface area contributed by atoms with Crippen LogP contribution in [0.3, 0.4) is 0 Å². The van der Waals surface area contributed by atoms with Crippen molar-refractivity contribution in [3.63, 3.8) is 0 Å². The molecule has 0 aliphatic carbocycles. The molecule has 0 radical (unpaired) electrons. The highest BCUT2D eigenvalue weighted by atomic mass is 19.4. The van der Waals surface area contributed by atoms with Crippen molar-refractivity contribution < 1.29 is 13.2 Å². The second-order valence-electron chi connectivity index (χ2n) is 4.53. The molecule has 3 N–H and O–H groups in total. The predicted molar refractivity (Wildman–Crippen MR) is 59.9 cm³/mol. The van der Waals surface area contributed by atoms with Gasteiger partial charge in [-0.3, -0.25) is 5.10 Å². The van der Waals surface area contributed by atoms with Crippen LogP contribution in [0, 0.1) is 5.92 Å². The molecule has 0 saturated heterocycles. The molecule has 3 heterocycles. The Bertz CT molecular complexity index is 599. The van der Waals surface area contributed by atoms with Gasteiger partial charge in [-0.05, 0) is 6.42 Å². The third-order valence-corrected chi connectivity index (χ3v) is 3.32. The number of halogens is 3. The van der Waals surface area contributed by atoms with Gasteiger partial charge in [0.05, 0.1) is 17.7 Å². The lowest BCUT2D eigenvalue weighted by molar-refractivity contribution is -0.182. The molecule has 19 heavy (non-hydrogen) atoms. The molecule has 0 fully saturated rings. The molecule has 0 saturated carbocycles. The van der Waals surface area contributed by atoms with Crippen molar-refractivity contribution in [1.82, 2.24) is 25.0 Å². The number of nitrogens with two attached hydrogens (primary N) is 1. The molecule has 2 aromatic heterocycles. The number of aromatic amines is 1. The lowest BCUT2D eigenvalue weighted by Crippen LogP contribution is -2.32. The maximum absolute atomic E-state index is 12.8. The topological polar surface area (TPSA) is 85.4 Å². The van der Waals surface area contributed by atoms with Crippen LogP contribution < -0.4 is 5.73 Å². The number of nitrogens with one attached hydrogen (secondary N) is 1. The van der Waals surface area contributed by atoms with Crippen molar-refractivity contribution in [3.05, 3.63) is 12.0 Å². The maximum atomic E-state index is 12.8. The lowest BCUT2D eigenvalue weighted by Gasteiger charge is -2.26. The van der Waals surface area contributed by atoms with Gasteiger partial charge in [0.2, 0.25) is 0 Å². The number of H-pyrrole nitrogens is 1. The zero-order chi connectivity index (χ0) is 13.6. The van der Waals surface area contributed by atoms with E-state index in [1.165, 1.54) is 10.8 Å². The first-order valence-corrected chi connectivity index (χ1v) is 5.75. The molecule has 0 bridgehead atoms. The molecular formula is C10H11F3N6. The molecule has 1 aliphatic heterocycles. The van der Waals surface area contributed by atoms with E-state index < -0.39 is 12.1 Å². The number of anilines is 1. The van der Waals surface area contributed by atoms with Crippen LogP contribution in [0.25, 0.3) is 11.4 Å². The molecule has 2 aromatic rings. The van der Waals surface area contributed by atoms with Crippen molar-refractivity contribution in [2.45, 2.75) is 25.6 Å². The van der Waals surface area contributed by atoms with Crippen LogP contribution in [-0.2, 0) is 13.0 Å². The van der Waals surface area contributed by atoms with E-state index in [9.17, 15) is 13.2 Å². The molecular weight excluding hydrogens is 261 g/mol. The van der Waals surface area contributed by atoms with Crippen molar-refractivity contribution in [1.29, 1.82) is 0 Å². The number of aromatic nitrogens is 5. The quantitative estimate of drug-likeness (QED) is 0.821. The molecule has 0 amide bonds. The van der Waals surface area contributed by atoms with Crippen molar-refractivity contribution in [2.75, 3.05) is 5.73 Å². The Morgan fingerprint density at radius 1 is 1.37 bits per heavy atom. The van der Waals surface area contributed by atoms with E-state index in [4.69, 9.17) is 5.73 Å². The van der Waals surface area contributed by atoms with E-state index in [-0.39, 0.29) is 25.2 Å². The fourth-order valence-electron chi connectivity index (χ4n) is 2.27. The summed E-state index contributed by atoms with van der Waals surface area (Å²) < 4.78 is 39.9. The van der Waals surface area contributed by atoms with E-state index >= 15 is 0 Å². The third-order valence-electron chi connectivity index (χ3n) is 3.32. The minimum absolute atomic E-state index is 0.0441. The highest BCUT2D eigenvalue weighted by Crippen LogP contribution is 2.36. The number of aryl methyl sites for hydroxylation is 1. The normalized spacial score (nSPS) is 19.4. The Labute approximate surface area is 105 Å². The van der Waals surface area contributed by atoms with Gasteiger partial charge in [0, 0.05) is 13.0 Å². The van der Waals surface area contributed by atoms with Gasteiger partial charge < -0.3 is 10.3 Å². The van der Waals surface area contributed by atoms with Gasteiger partial charge in [0.15, 0.2) is 5.82 Å². The third kappa shape index (κ3) is 1.94. The summed E-state index contributed by atoms with van der Waals surface area (Å²) in [4.78, 5) is 0. The number of nitrogen functional groups attached to an aromatic ring is 1. The summed E-state index contributed by atoms with van der Waals surface area (Å²) in [6.45, 7) is -0.175.